The van der Waals surface area contributed by atoms with Crippen LogP contribution in [0.1, 0.15) is 33.6 Å². The van der Waals surface area contributed by atoms with E-state index in [9.17, 15) is 9.59 Å². The fourth-order valence-electron chi connectivity index (χ4n) is 4.81. The van der Waals surface area contributed by atoms with Crippen molar-refractivity contribution in [1.29, 1.82) is 0 Å². The molecule has 0 aliphatic carbocycles. The van der Waals surface area contributed by atoms with Crippen LogP contribution in [-0.4, -0.2) is 52.8 Å². The van der Waals surface area contributed by atoms with Crippen molar-refractivity contribution in [2.75, 3.05) is 26.2 Å². The van der Waals surface area contributed by atoms with Crippen molar-refractivity contribution in [3.05, 3.63) is 84.2 Å². The van der Waals surface area contributed by atoms with Gasteiger partial charge in [0.25, 0.3) is 11.8 Å². The number of likely N-dealkylation sites (tertiary alicyclic amines) is 2. The van der Waals surface area contributed by atoms with Gasteiger partial charge in [0.1, 0.15) is 0 Å². The van der Waals surface area contributed by atoms with Gasteiger partial charge in [-0.05, 0) is 54.0 Å². The number of nitrogens with zero attached hydrogens (tertiary/aromatic N) is 2. The number of hydrogen-bond donors (Lipinski definition) is 1. The molecular weight excluding hydrogens is 386 g/mol. The number of H-pyrrole nitrogens is 1. The number of aromatic amines is 1. The SMILES string of the molecule is O=C(c1cc[nH]c1)N1CCC(C2CN(C(=O)c3ccc(-c4ccccc4)cc3)C2)CC1. The van der Waals surface area contributed by atoms with Crippen LogP contribution in [-0.2, 0) is 0 Å². The number of amides is 2. The first-order valence-electron chi connectivity index (χ1n) is 11.1. The van der Waals surface area contributed by atoms with Crippen molar-refractivity contribution in [2.45, 2.75) is 12.8 Å². The molecule has 0 radical (unpaired) electrons. The molecule has 1 N–H and O–H groups in total. The Balaban J connectivity index is 1.12. The van der Waals surface area contributed by atoms with Crippen LogP contribution in [0.3, 0.4) is 0 Å². The van der Waals surface area contributed by atoms with Crippen molar-refractivity contribution in [3.63, 3.8) is 0 Å². The minimum atomic E-state index is 0.115. The highest BCUT2D eigenvalue weighted by Gasteiger charge is 2.38. The van der Waals surface area contributed by atoms with E-state index in [1.165, 1.54) is 0 Å². The van der Waals surface area contributed by atoms with E-state index in [4.69, 9.17) is 0 Å². The molecule has 2 saturated heterocycles. The highest BCUT2D eigenvalue weighted by atomic mass is 16.2. The van der Waals surface area contributed by atoms with Crippen molar-refractivity contribution in [2.24, 2.45) is 11.8 Å². The normalized spacial score (nSPS) is 17.4. The molecule has 5 nitrogen and oxygen atoms in total. The molecule has 2 amide bonds. The number of rotatable bonds is 4. The van der Waals surface area contributed by atoms with Gasteiger partial charge < -0.3 is 14.8 Å². The molecule has 2 aliphatic rings. The minimum absolute atomic E-state index is 0.115. The second kappa shape index (κ2) is 8.42. The summed E-state index contributed by atoms with van der Waals surface area (Å²) in [7, 11) is 0. The van der Waals surface area contributed by atoms with Gasteiger partial charge in [0.2, 0.25) is 0 Å². The second-order valence-electron chi connectivity index (χ2n) is 8.64. The molecule has 0 unspecified atom stereocenters. The molecule has 158 valence electrons. The van der Waals surface area contributed by atoms with Crippen molar-refractivity contribution >= 4 is 11.8 Å². The van der Waals surface area contributed by atoms with E-state index in [1.54, 1.807) is 12.4 Å². The summed E-state index contributed by atoms with van der Waals surface area (Å²) in [5.41, 5.74) is 3.77. The molecule has 0 atom stereocenters. The van der Waals surface area contributed by atoms with E-state index in [1.807, 2.05) is 58.3 Å². The summed E-state index contributed by atoms with van der Waals surface area (Å²) in [6.07, 6.45) is 5.59. The van der Waals surface area contributed by atoms with Gasteiger partial charge in [-0.15, -0.1) is 0 Å². The lowest BCUT2D eigenvalue weighted by Crippen LogP contribution is -2.54. The van der Waals surface area contributed by atoms with Crippen LogP contribution in [0.5, 0.6) is 0 Å². The second-order valence-corrected chi connectivity index (χ2v) is 8.64. The molecule has 2 fully saturated rings. The van der Waals surface area contributed by atoms with Crippen LogP contribution in [0.4, 0.5) is 0 Å². The fourth-order valence-corrected chi connectivity index (χ4v) is 4.81. The molecule has 2 aliphatic heterocycles. The zero-order chi connectivity index (χ0) is 21.2. The van der Waals surface area contributed by atoms with E-state index in [0.29, 0.717) is 11.8 Å². The molecular formula is C26H27N3O2. The van der Waals surface area contributed by atoms with Crippen molar-refractivity contribution in [1.82, 2.24) is 14.8 Å². The maximum Gasteiger partial charge on any atom is 0.255 e. The van der Waals surface area contributed by atoms with Gasteiger partial charge >= 0.3 is 0 Å². The summed E-state index contributed by atoms with van der Waals surface area (Å²) in [5, 5.41) is 0. The predicted molar refractivity (Wildman–Crippen MR) is 121 cm³/mol. The highest BCUT2D eigenvalue weighted by Crippen LogP contribution is 2.33. The van der Waals surface area contributed by atoms with Crippen LogP contribution in [0.25, 0.3) is 11.1 Å². The number of carbonyl (C=O) groups is 2. The number of piperidine rings is 1. The van der Waals surface area contributed by atoms with Crippen LogP contribution in [0.15, 0.2) is 73.1 Å². The Hall–Kier alpha value is -3.34. The van der Waals surface area contributed by atoms with Gasteiger partial charge in [0.15, 0.2) is 0 Å². The molecule has 31 heavy (non-hydrogen) atoms. The van der Waals surface area contributed by atoms with Gasteiger partial charge in [-0.3, -0.25) is 9.59 Å². The lowest BCUT2D eigenvalue weighted by Gasteiger charge is -2.46. The van der Waals surface area contributed by atoms with Gasteiger partial charge in [0, 0.05) is 44.1 Å². The molecule has 3 aromatic rings. The van der Waals surface area contributed by atoms with Crippen LogP contribution >= 0.6 is 0 Å². The average Bonchev–Trinajstić information content (AvgIpc) is 3.34. The molecule has 2 aromatic carbocycles. The van der Waals surface area contributed by atoms with Crippen LogP contribution < -0.4 is 0 Å². The highest BCUT2D eigenvalue weighted by molar-refractivity contribution is 5.95. The summed E-state index contributed by atoms with van der Waals surface area (Å²) in [6, 6.07) is 20.0. The van der Waals surface area contributed by atoms with Gasteiger partial charge in [-0.25, -0.2) is 0 Å². The van der Waals surface area contributed by atoms with Crippen LogP contribution in [0.2, 0.25) is 0 Å². The summed E-state index contributed by atoms with van der Waals surface area (Å²) >= 11 is 0. The predicted octanol–water partition coefficient (Wildman–Crippen LogP) is 4.31. The topological polar surface area (TPSA) is 56.4 Å². The Morgan fingerprint density at radius 1 is 0.710 bits per heavy atom. The Morgan fingerprint density at radius 2 is 1.35 bits per heavy atom. The first-order chi connectivity index (χ1) is 15.2. The van der Waals surface area contributed by atoms with Crippen LogP contribution in [0, 0.1) is 11.8 Å². The third-order valence-electron chi connectivity index (χ3n) is 6.77. The van der Waals surface area contributed by atoms with Gasteiger partial charge in [-0.2, -0.15) is 0 Å². The first-order valence-corrected chi connectivity index (χ1v) is 11.1. The summed E-state index contributed by atoms with van der Waals surface area (Å²) in [6.45, 7) is 3.27. The Bertz CT molecular complexity index is 1030. The Kier molecular flexibility index (Phi) is 5.33. The monoisotopic (exact) mass is 413 g/mol. The van der Waals surface area contributed by atoms with E-state index >= 15 is 0 Å². The Labute approximate surface area is 182 Å². The largest absolute Gasteiger partial charge is 0.367 e. The lowest BCUT2D eigenvalue weighted by molar-refractivity contribution is 0.0228. The molecule has 0 spiro atoms. The number of benzene rings is 2. The molecule has 5 rings (SSSR count). The number of hydrogen-bond acceptors (Lipinski definition) is 2. The Morgan fingerprint density at radius 3 is 2.00 bits per heavy atom. The molecule has 0 saturated carbocycles. The third-order valence-corrected chi connectivity index (χ3v) is 6.77. The minimum Gasteiger partial charge on any atom is -0.367 e. The maximum absolute atomic E-state index is 12.8. The lowest BCUT2D eigenvalue weighted by atomic mass is 9.79. The molecule has 5 heteroatoms. The molecule has 0 bridgehead atoms. The number of carbonyl (C=O) groups excluding carboxylic acids is 2. The molecule has 1 aromatic heterocycles. The zero-order valence-corrected chi connectivity index (χ0v) is 17.5. The van der Waals surface area contributed by atoms with E-state index in [-0.39, 0.29) is 11.8 Å². The van der Waals surface area contributed by atoms with Crippen molar-refractivity contribution < 1.29 is 9.59 Å². The summed E-state index contributed by atoms with van der Waals surface area (Å²) < 4.78 is 0. The van der Waals surface area contributed by atoms with E-state index in [2.05, 4.69) is 17.1 Å². The molecule has 3 heterocycles. The smallest absolute Gasteiger partial charge is 0.255 e. The standard InChI is InChI=1S/C26H27N3O2/c30-25(22-8-6-20(7-9-22)19-4-2-1-3-5-19)29-17-24(18-29)21-11-14-28(15-12-21)26(31)23-10-13-27-16-23/h1-10,13,16,21,24,27H,11-12,14-15,17-18H2. The van der Waals surface area contributed by atoms with E-state index < -0.39 is 0 Å². The third kappa shape index (κ3) is 4.00. The number of aromatic nitrogens is 1. The van der Waals surface area contributed by atoms with Crippen molar-refractivity contribution in [3.8, 4) is 11.1 Å². The average molecular weight is 414 g/mol. The number of nitrogens with one attached hydrogen (secondary N) is 1. The summed E-state index contributed by atoms with van der Waals surface area (Å²) in [4.78, 5) is 32.2. The van der Waals surface area contributed by atoms with E-state index in [0.717, 1.165) is 61.3 Å². The first kappa shape index (κ1) is 19.6. The fraction of sp³-hybridized carbons (Fsp3) is 0.308. The quantitative estimate of drug-likeness (QED) is 0.693. The summed E-state index contributed by atoms with van der Waals surface area (Å²) in [5.74, 6) is 1.39. The van der Waals surface area contributed by atoms with Gasteiger partial charge in [-0.1, -0.05) is 42.5 Å². The zero-order valence-electron chi connectivity index (χ0n) is 17.5. The van der Waals surface area contributed by atoms with Gasteiger partial charge in [0.05, 0.1) is 5.56 Å². The maximum atomic E-state index is 12.8.